The predicted octanol–water partition coefficient (Wildman–Crippen LogP) is 1.33. The molecule has 0 bridgehead atoms. The van der Waals surface area contributed by atoms with Gasteiger partial charge < -0.3 is 15.2 Å². The second-order valence-corrected chi connectivity index (χ2v) is 5.40. The molecule has 0 spiro atoms. The lowest BCUT2D eigenvalue weighted by Crippen LogP contribution is -2.31. The molecule has 0 aliphatic rings. The van der Waals surface area contributed by atoms with Gasteiger partial charge in [-0.25, -0.2) is 0 Å². The first-order valence-electron chi connectivity index (χ1n) is 7.19. The van der Waals surface area contributed by atoms with Crippen LogP contribution in [-0.4, -0.2) is 34.4 Å². The number of ether oxygens (including phenoxy) is 1. The fraction of sp³-hybridized carbons (Fsp3) is 0.312. The van der Waals surface area contributed by atoms with Gasteiger partial charge in [0.15, 0.2) is 11.4 Å². The lowest BCUT2D eigenvalue weighted by Gasteiger charge is -2.12. The van der Waals surface area contributed by atoms with E-state index in [0.29, 0.717) is 18.0 Å². The SMILES string of the molecule is COc1ccccc1-n1nc(C(=O)NCC(C)C)c(O)cc1=O. The van der Waals surface area contributed by atoms with E-state index < -0.39 is 17.2 Å². The van der Waals surface area contributed by atoms with Crippen molar-refractivity contribution in [1.82, 2.24) is 15.1 Å². The third-order valence-electron chi connectivity index (χ3n) is 3.11. The molecule has 0 fully saturated rings. The number of hydrogen-bond acceptors (Lipinski definition) is 5. The van der Waals surface area contributed by atoms with Gasteiger partial charge in [0.2, 0.25) is 0 Å². The summed E-state index contributed by atoms with van der Waals surface area (Å²) >= 11 is 0. The van der Waals surface area contributed by atoms with E-state index in [4.69, 9.17) is 4.74 Å². The Kier molecular flexibility index (Phi) is 5.00. The fourth-order valence-electron chi connectivity index (χ4n) is 1.97. The molecule has 7 nitrogen and oxygen atoms in total. The highest BCUT2D eigenvalue weighted by molar-refractivity contribution is 5.94. The number of methoxy groups -OCH3 is 1. The molecule has 2 N–H and O–H groups in total. The molecule has 1 amide bonds. The molecule has 2 aromatic rings. The Morgan fingerprint density at radius 2 is 2.09 bits per heavy atom. The van der Waals surface area contributed by atoms with Crippen LogP contribution in [-0.2, 0) is 0 Å². The van der Waals surface area contributed by atoms with Gasteiger partial charge in [-0.05, 0) is 18.1 Å². The molecule has 2 rings (SSSR count). The van der Waals surface area contributed by atoms with E-state index in [1.807, 2.05) is 13.8 Å². The van der Waals surface area contributed by atoms with Crippen LogP contribution in [0, 0.1) is 5.92 Å². The number of hydrogen-bond donors (Lipinski definition) is 2. The standard InChI is InChI=1S/C16H19N3O4/c1-10(2)9-17-16(22)15-12(20)8-14(21)19(18-15)11-6-4-5-7-13(11)23-3/h4-8,10,20H,9H2,1-3H3,(H,17,22). The van der Waals surface area contributed by atoms with Gasteiger partial charge in [0.05, 0.1) is 7.11 Å². The number of carbonyl (C=O) groups is 1. The number of amides is 1. The lowest BCUT2D eigenvalue weighted by molar-refractivity contribution is 0.0939. The van der Waals surface area contributed by atoms with Crippen LogP contribution in [0.25, 0.3) is 5.69 Å². The van der Waals surface area contributed by atoms with Crippen LogP contribution in [0.3, 0.4) is 0 Å². The predicted molar refractivity (Wildman–Crippen MR) is 85.2 cm³/mol. The van der Waals surface area contributed by atoms with Gasteiger partial charge in [0, 0.05) is 12.6 Å². The van der Waals surface area contributed by atoms with E-state index in [-0.39, 0.29) is 11.6 Å². The van der Waals surface area contributed by atoms with Crippen molar-refractivity contribution in [3.05, 3.63) is 46.4 Å². The molecular formula is C16H19N3O4. The average molecular weight is 317 g/mol. The number of nitrogens with one attached hydrogen (secondary N) is 1. The molecule has 0 unspecified atom stereocenters. The zero-order valence-electron chi connectivity index (χ0n) is 13.2. The molecule has 1 aromatic heterocycles. The Bertz CT molecular complexity index is 768. The number of nitrogens with zero attached hydrogens (tertiary/aromatic N) is 2. The van der Waals surface area contributed by atoms with Crippen molar-refractivity contribution in [3.8, 4) is 17.2 Å². The van der Waals surface area contributed by atoms with Crippen LogP contribution in [0.5, 0.6) is 11.5 Å². The summed E-state index contributed by atoms with van der Waals surface area (Å²) in [6.45, 7) is 4.33. The highest BCUT2D eigenvalue weighted by atomic mass is 16.5. The van der Waals surface area contributed by atoms with Crippen LogP contribution in [0.1, 0.15) is 24.3 Å². The van der Waals surface area contributed by atoms with Gasteiger partial charge >= 0.3 is 0 Å². The van der Waals surface area contributed by atoms with Crippen LogP contribution in [0.4, 0.5) is 0 Å². The molecule has 122 valence electrons. The average Bonchev–Trinajstić information content (AvgIpc) is 2.52. The first kappa shape index (κ1) is 16.5. The molecule has 0 saturated heterocycles. The molecule has 23 heavy (non-hydrogen) atoms. The molecule has 0 aliphatic heterocycles. The van der Waals surface area contributed by atoms with Crippen molar-refractivity contribution in [2.45, 2.75) is 13.8 Å². The van der Waals surface area contributed by atoms with Crippen molar-refractivity contribution in [2.24, 2.45) is 5.92 Å². The van der Waals surface area contributed by atoms with Crippen molar-refractivity contribution >= 4 is 5.91 Å². The van der Waals surface area contributed by atoms with Crippen molar-refractivity contribution in [1.29, 1.82) is 0 Å². The van der Waals surface area contributed by atoms with E-state index in [1.54, 1.807) is 24.3 Å². The topological polar surface area (TPSA) is 93.5 Å². The maximum atomic E-state index is 12.1. The summed E-state index contributed by atoms with van der Waals surface area (Å²) in [6, 6.07) is 7.75. The zero-order valence-corrected chi connectivity index (χ0v) is 13.2. The molecule has 0 saturated carbocycles. The van der Waals surface area contributed by atoms with Gasteiger partial charge in [-0.3, -0.25) is 9.59 Å². The summed E-state index contributed by atoms with van der Waals surface area (Å²) in [5, 5.41) is 16.5. The van der Waals surface area contributed by atoms with E-state index in [1.165, 1.54) is 7.11 Å². The maximum absolute atomic E-state index is 12.1. The Balaban J connectivity index is 2.48. The number of aromatic nitrogens is 2. The minimum Gasteiger partial charge on any atom is -0.505 e. The number of rotatable bonds is 5. The van der Waals surface area contributed by atoms with E-state index in [9.17, 15) is 14.7 Å². The van der Waals surface area contributed by atoms with E-state index in [0.717, 1.165) is 10.7 Å². The fourth-order valence-corrected chi connectivity index (χ4v) is 1.97. The molecule has 0 aliphatic carbocycles. The summed E-state index contributed by atoms with van der Waals surface area (Å²) in [5.74, 6) is -0.315. The number of carbonyl (C=O) groups excluding carboxylic acids is 1. The summed E-state index contributed by atoms with van der Waals surface area (Å²) in [7, 11) is 1.47. The molecule has 0 atom stereocenters. The van der Waals surface area contributed by atoms with Crippen molar-refractivity contribution in [3.63, 3.8) is 0 Å². The van der Waals surface area contributed by atoms with E-state index >= 15 is 0 Å². The van der Waals surface area contributed by atoms with E-state index in [2.05, 4.69) is 10.4 Å². The first-order valence-corrected chi connectivity index (χ1v) is 7.19. The zero-order chi connectivity index (χ0) is 17.0. The lowest BCUT2D eigenvalue weighted by atomic mass is 10.2. The summed E-state index contributed by atoms with van der Waals surface area (Å²) in [4.78, 5) is 24.2. The molecule has 7 heteroatoms. The highest BCUT2D eigenvalue weighted by Gasteiger charge is 2.18. The van der Waals surface area contributed by atoms with Crippen LogP contribution in [0.2, 0.25) is 0 Å². The second-order valence-electron chi connectivity index (χ2n) is 5.40. The summed E-state index contributed by atoms with van der Waals surface area (Å²) < 4.78 is 6.23. The van der Waals surface area contributed by atoms with Crippen LogP contribution in [0.15, 0.2) is 35.1 Å². The molecule has 0 radical (unpaired) electrons. The number of aromatic hydroxyl groups is 1. The summed E-state index contributed by atoms with van der Waals surface area (Å²) in [6.07, 6.45) is 0. The number of para-hydroxylation sites is 2. The molecular weight excluding hydrogens is 298 g/mol. The Labute approximate surface area is 133 Å². The van der Waals surface area contributed by atoms with Crippen LogP contribution >= 0.6 is 0 Å². The third kappa shape index (κ3) is 3.68. The highest BCUT2D eigenvalue weighted by Crippen LogP contribution is 2.21. The van der Waals surface area contributed by atoms with Gasteiger partial charge in [0.1, 0.15) is 11.4 Å². The van der Waals surface area contributed by atoms with Crippen molar-refractivity contribution in [2.75, 3.05) is 13.7 Å². The molecule has 1 heterocycles. The van der Waals surface area contributed by atoms with Crippen molar-refractivity contribution < 1.29 is 14.6 Å². The van der Waals surface area contributed by atoms with Crippen LogP contribution < -0.4 is 15.6 Å². The smallest absolute Gasteiger partial charge is 0.275 e. The third-order valence-corrected chi connectivity index (χ3v) is 3.11. The minimum absolute atomic E-state index is 0.212. The molecule has 1 aromatic carbocycles. The van der Waals surface area contributed by atoms with Gasteiger partial charge in [-0.15, -0.1) is 0 Å². The monoisotopic (exact) mass is 317 g/mol. The quantitative estimate of drug-likeness (QED) is 0.868. The Hall–Kier alpha value is -2.83. The maximum Gasteiger partial charge on any atom is 0.275 e. The number of benzene rings is 1. The second kappa shape index (κ2) is 6.95. The van der Waals surface area contributed by atoms with Gasteiger partial charge in [-0.1, -0.05) is 26.0 Å². The van der Waals surface area contributed by atoms with Gasteiger partial charge in [-0.2, -0.15) is 9.78 Å². The Morgan fingerprint density at radius 3 is 2.74 bits per heavy atom. The summed E-state index contributed by atoms with van der Waals surface area (Å²) in [5.41, 5.74) is -0.388. The minimum atomic E-state index is -0.563. The normalized spacial score (nSPS) is 10.6. The Morgan fingerprint density at radius 1 is 1.39 bits per heavy atom. The van der Waals surface area contributed by atoms with Gasteiger partial charge in [0.25, 0.3) is 11.5 Å². The first-order chi connectivity index (χ1) is 10.9. The largest absolute Gasteiger partial charge is 0.505 e.